The molecule has 3 heterocycles. The maximum Gasteiger partial charge on any atom is 0.231 e. The molecule has 0 bridgehead atoms. The average Bonchev–Trinajstić information content (AvgIpc) is 3.56. The number of hydrogen-bond acceptors (Lipinski definition) is 7. The van der Waals surface area contributed by atoms with Gasteiger partial charge in [-0.2, -0.15) is 0 Å². The molecule has 0 radical (unpaired) electrons. The summed E-state index contributed by atoms with van der Waals surface area (Å²) < 4.78 is 18.2. The molecule has 2 aromatic carbocycles. The number of aryl methyl sites for hydroxylation is 1. The standard InChI is InChI=1S/C24H22N4O4S/c1-15(17-8-9-20-21(12-17)32-14-31-20)25-22(29)13-33-24-27-26-23(19-10-11-30-16(19)2)28(24)18-6-4-3-5-7-18/h3-12,15H,13-14H2,1-2H3,(H,25,29)/t15-/m0/s1. The molecule has 0 saturated heterocycles. The quantitative estimate of drug-likeness (QED) is 0.403. The lowest BCUT2D eigenvalue weighted by Gasteiger charge is -2.15. The Balaban J connectivity index is 1.32. The van der Waals surface area contributed by atoms with Crippen LogP contribution in [0, 0.1) is 6.92 Å². The van der Waals surface area contributed by atoms with E-state index in [-0.39, 0.29) is 24.5 Å². The molecular formula is C24H22N4O4S. The number of furan rings is 1. The Morgan fingerprint density at radius 2 is 1.94 bits per heavy atom. The minimum absolute atomic E-state index is 0.103. The fraction of sp³-hybridized carbons (Fsp3) is 0.208. The van der Waals surface area contributed by atoms with Gasteiger partial charge in [-0.15, -0.1) is 10.2 Å². The van der Waals surface area contributed by atoms with Gasteiger partial charge in [0, 0.05) is 5.69 Å². The maximum absolute atomic E-state index is 12.7. The number of carbonyl (C=O) groups excluding carboxylic acids is 1. The van der Waals surface area contributed by atoms with Gasteiger partial charge in [-0.3, -0.25) is 9.36 Å². The first-order valence-corrected chi connectivity index (χ1v) is 11.5. The summed E-state index contributed by atoms with van der Waals surface area (Å²) in [6, 6.07) is 17.2. The van der Waals surface area contributed by atoms with Crippen LogP contribution < -0.4 is 14.8 Å². The lowest BCUT2D eigenvalue weighted by molar-refractivity contribution is -0.119. The number of carbonyl (C=O) groups is 1. The van der Waals surface area contributed by atoms with Crippen LogP contribution in [0.2, 0.25) is 0 Å². The van der Waals surface area contributed by atoms with Crippen LogP contribution in [0.3, 0.4) is 0 Å². The highest BCUT2D eigenvalue weighted by molar-refractivity contribution is 7.99. The SMILES string of the molecule is Cc1occc1-c1nnc(SCC(=O)N[C@@H](C)c2ccc3c(c2)OCO3)n1-c1ccccc1. The van der Waals surface area contributed by atoms with E-state index in [2.05, 4.69) is 15.5 Å². The van der Waals surface area contributed by atoms with Crippen LogP contribution in [0.1, 0.15) is 24.3 Å². The Kier molecular flexibility index (Phi) is 5.78. The van der Waals surface area contributed by atoms with E-state index in [9.17, 15) is 4.79 Å². The number of amides is 1. The first-order chi connectivity index (χ1) is 16.1. The number of fused-ring (bicyclic) bond motifs is 1. The Bertz CT molecular complexity index is 1280. The van der Waals surface area contributed by atoms with E-state index in [1.807, 2.05) is 73.0 Å². The van der Waals surface area contributed by atoms with Crippen LogP contribution in [0.5, 0.6) is 11.5 Å². The summed E-state index contributed by atoms with van der Waals surface area (Å²) in [7, 11) is 0. The van der Waals surface area contributed by atoms with Crippen molar-refractivity contribution >= 4 is 17.7 Å². The van der Waals surface area contributed by atoms with Crippen LogP contribution in [0.4, 0.5) is 0 Å². The van der Waals surface area contributed by atoms with Crippen molar-refractivity contribution in [3.05, 3.63) is 72.2 Å². The molecule has 168 valence electrons. The highest BCUT2D eigenvalue weighted by Crippen LogP contribution is 2.34. The molecular weight excluding hydrogens is 440 g/mol. The van der Waals surface area contributed by atoms with E-state index in [0.29, 0.717) is 16.7 Å². The number of nitrogens with one attached hydrogen (secondary N) is 1. The first kappa shape index (κ1) is 21.1. The molecule has 0 spiro atoms. The molecule has 1 atom stereocenters. The summed E-state index contributed by atoms with van der Waals surface area (Å²) in [6.45, 7) is 4.04. The van der Waals surface area contributed by atoms with Crippen LogP contribution in [-0.4, -0.2) is 33.2 Å². The fourth-order valence-corrected chi connectivity index (χ4v) is 4.41. The highest BCUT2D eigenvalue weighted by atomic mass is 32.2. The molecule has 1 aliphatic heterocycles. The van der Waals surface area contributed by atoms with E-state index in [1.54, 1.807) is 6.26 Å². The number of rotatable bonds is 7. The van der Waals surface area contributed by atoms with Crippen LogP contribution >= 0.6 is 11.8 Å². The maximum atomic E-state index is 12.7. The second-order valence-electron chi connectivity index (χ2n) is 7.56. The number of ether oxygens (including phenoxy) is 2. The number of thioether (sulfide) groups is 1. The van der Waals surface area contributed by atoms with Crippen LogP contribution in [0.15, 0.2) is 70.4 Å². The molecule has 1 N–H and O–H groups in total. The number of benzene rings is 2. The van der Waals surface area contributed by atoms with Gasteiger partial charge in [-0.1, -0.05) is 36.0 Å². The number of hydrogen-bond donors (Lipinski definition) is 1. The second kappa shape index (κ2) is 9.03. The molecule has 8 nitrogen and oxygen atoms in total. The van der Waals surface area contributed by atoms with Gasteiger partial charge < -0.3 is 19.2 Å². The van der Waals surface area contributed by atoms with Crippen molar-refractivity contribution in [2.24, 2.45) is 0 Å². The van der Waals surface area contributed by atoms with Crippen LogP contribution in [-0.2, 0) is 4.79 Å². The van der Waals surface area contributed by atoms with E-state index in [0.717, 1.165) is 28.3 Å². The minimum atomic E-state index is -0.177. The molecule has 0 fully saturated rings. The zero-order chi connectivity index (χ0) is 22.8. The van der Waals surface area contributed by atoms with E-state index < -0.39 is 0 Å². The van der Waals surface area contributed by atoms with E-state index in [1.165, 1.54) is 11.8 Å². The molecule has 0 aliphatic carbocycles. The third kappa shape index (κ3) is 4.31. The summed E-state index contributed by atoms with van der Waals surface area (Å²) in [4.78, 5) is 12.7. The molecule has 9 heteroatoms. The topological polar surface area (TPSA) is 91.4 Å². The number of para-hydroxylation sites is 1. The van der Waals surface area contributed by atoms with Crippen molar-refractivity contribution in [2.45, 2.75) is 25.0 Å². The third-order valence-corrected chi connectivity index (χ3v) is 6.28. The van der Waals surface area contributed by atoms with E-state index >= 15 is 0 Å². The molecule has 2 aromatic heterocycles. The zero-order valence-corrected chi connectivity index (χ0v) is 19.0. The lowest BCUT2D eigenvalue weighted by Crippen LogP contribution is -2.28. The van der Waals surface area contributed by atoms with Gasteiger partial charge in [0.2, 0.25) is 12.7 Å². The smallest absolute Gasteiger partial charge is 0.231 e. The van der Waals surface area contributed by atoms with Crippen molar-refractivity contribution in [2.75, 3.05) is 12.5 Å². The average molecular weight is 463 g/mol. The largest absolute Gasteiger partial charge is 0.469 e. The predicted molar refractivity (Wildman–Crippen MR) is 124 cm³/mol. The third-order valence-electron chi connectivity index (χ3n) is 5.35. The van der Waals surface area contributed by atoms with Gasteiger partial charge >= 0.3 is 0 Å². The molecule has 33 heavy (non-hydrogen) atoms. The molecule has 1 amide bonds. The monoisotopic (exact) mass is 462 g/mol. The number of nitrogens with zero attached hydrogens (tertiary/aromatic N) is 3. The fourth-order valence-electron chi connectivity index (χ4n) is 3.64. The van der Waals surface area contributed by atoms with Gasteiger partial charge in [0.15, 0.2) is 22.5 Å². The van der Waals surface area contributed by atoms with Gasteiger partial charge in [0.25, 0.3) is 0 Å². The van der Waals surface area contributed by atoms with E-state index in [4.69, 9.17) is 13.9 Å². The lowest BCUT2D eigenvalue weighted by atomic mass is 10.1. The van der Waals surface area contributed by atoms with Crippen molar-refractivity contribution in [1.82, 2.24) is 20.1 Å². The summed E-state index contributed by atoms with van der Waals surface area (Å²) >= 11 is 1.33. The van der Waals surface area contributed by atoms with Crippen molar-refractivity contribution in [1.29, 1.82) is 0 Å². The Morgan fingerprint density at radius 3 is 2.73 bits per heavy atom. The normalized spacial score (nSPS) is 13.2. The molecule has 0 saturated carbocycles. The molecule has 1 aliphatic rings. The van der Waals surface area contributed by atoms with Gasteiger partial charge in [-0.05, 0) is 49.7 Å². The predicted octanol–water partition coefficient (Wildman–Crippen LogP) is 4.53. The van der Waals surface area contributed by atoms with Crippen molar-refractivity contribution < 1.29 is 18.7 Å². The first-order valence-electron chi connectivity index (χ1n) is 10.5. The van der Waals surface area contributed by atoms with Gasteiger partial charge in [0.1, 0.15) is 5.76 Å². The highest BCUT2D eigenvalue weighted by Gasteiger charge is 2.21. The number of aromatic nitrogens is 3. The molecule has 4 aromatic rings. The Morgan fingerprint density at radius 1 is 1.12 bits per heavy atom. The van der Waals surface area contributed by atoms with Crippen molar-refractivity contribution in [3.63, 3.8) is 0 Å². The summed E-state index contributed by atoms with van der Waals surface area (Å²) in [5, 5.41) is 12.4. The summed E-state index contributed by atoms with van der Waals surface area (Å²) in [5.41, 5.74) is 2.72. The molecule has 5 rings (SSSR count). The van der Waals surface area contributed by atoms with Gasteiger partial charge in [0.05, 0.1) is 23.6 Å². The summed E-state index contributed by atoms with van der Waals surface area (Å²) in [6.07, 6.45) is 1.63. The molecule has 0 unspecified atom stereocenters. The zero-order valence-electron chi connectivity index (χ0n) is 18.1. The minimum Gasteiger partial charge on any atom is -0.469 e. The van der Waals surface area contributed by atoms with Crippen LogP contribution in [0.25, 0.3) is 17.1 Å². The Hall–Kier alpha value is -3.72. The second-order valence-corrected chi connectivity index (χ2v) is 8.50. The van der Waals surface area contributed by atoms with Crippen molar-refractivity contribution in [3.8, 4) is 28.6 Å². The summed E-state index contributed by atoms with van der Waals surface area (Å²) in [5.74, 6) is 2.94. The Labute approximate surface area is 194 Å². The van der Waals surface area contributed by atoms with Gasteiger partial charge in [-0.25, -0.2) is 0 Å².